The molecule has 0 unspecified atom stereocenters. The van der Waals surface area contributed by atoms with Gasteiger partial charge in [-0.2, -0.15) is 35.9 Å². The maximum Gasteiger partial charge on any atom is 0.423 e. The normalized spacial score (nSPS) is 11.3. The molecule has 0 aliphatic heterocycles. The number of benzene rings is 1. The predicted molar refractivity (Wildman–Crippen MR) is 88.1 cm³/mol. The Morgan fingerprint density at radius 1 is 0.967 bits per heavy atom. The number of amides is 2. The number of nitrogens with zero attached hydrogens (tertiary/aromatic N) is 3. The lowest BCUT2D eigenvalue weighted by Gasteiger charge is -2.18. The maximum absolute atomic E-state index is 12.4. The number of urea groups is 1. The summed E-state index contributed by atoms with van der Waals surface area (Å²) in [6, 6.07) is 5.10. The Labute approximate surface area is 165 Å². The fraction of sp³-hybridized carbons (Fsp3) is 0.143. The van der Waals surface area contributed by atoms with Crippen LogP contribution in [-0.4, -0.2) is 43.6 Å². The lowest BCUT2D eigenvalue weighted by molar-refractivity contribution is -0.0579. The van der Waals surface area contributed by atoms with Crippen LogP contribution in [0.4, 0.5) is 28.3 Å². The van der Waals surface area contributed by atoms with Crippen LogP contribution in [0.1, 0.15) is 10.4 Å². The van der Waals surface area contributed by atoms with E-state index < -0.39 is 57.5 Å². The van der Waals surface area contributed by atoms with Crippen molar-refractivity contribution in [1.29, 1.82) is 0 Å². The highest BCUT2D eigenvalue weighted by Crippen LogP contribution is 2.25. The summed E-state index contributed by atoms with van der Waals surface area (Å²) in [5.41, 5.74) is 4.68. The van der Waals surface area contributed by atoms with E-state index in [2.05, 4.69) is 23.6 Å². The van der Waals surface area contributed by atoms with Crippen LogP contribution in [-0.2, 0) is 14.5 Å². The molecule has 30 heavy (non-hydrogen) atoms. The van der Waals surface area contributed by atoms with Crippen LogP contribution in [0.15, 0.2) is 36.4 Å². The van der Waals surface area contributed by atoms with Crippen molar-refractivity contribution in [3.8, 4) is 11.8 Å². The SMILES string of the molecule is NC(=O)N(c1nc(OC(F)F)cc(OC(F)F)n1)S(=O)(=O)OC(=O)c1ccccc1. The fourth-order valence-corrected chi connectivity index (χ4v) is 2.71. The Hall–Kier alpha value is -3.69. The van der Waals surface area contributed by atoms with E-state index in [1.54, 1.807) is 0 Å². The molecule has 0 aliphatic carbocycles. The molecule has 0 aliphatic rings. The number of halogens is 4. The number of hydrogen-bond donors (Lipinski definition) is 1. The summed E-state index contributed by atoms with van der Waals surface area (Å²) in [5, 5.41) is 0. The number of carbonyl (C=O) groups is 2. The first-order chi connectivity index (χ1) is 14.0. The maximum atomic E-state index is 12.4. The van der Waals surface area contributed by atoms with Gasteiger partial charge in [-0.1, -0.05) is 18.2 Å². The molecular weight excluding hydrogens is 444 g/mol. The highest BCUT2D eigenvalue weighted by atomic mass is 32.2. The molecule has 0 spiro atoms. The van der Waals surface area contributed by atoms with Gasteiger partial charge in [0.15, 0.2) is 0 Å². The molecule has 0 bridgehead atoms. The fourth-order valence-electron chi connectivity index (χ4n) is 1.85. The van der Waals surface area contributed by atoms with E-state index in [1.165, 1.54) is 30.3 Å². The van der Waals surface area contributed by atoms with Gasteiger partial charge in [0.2, 0.25) is 11.8 Å². The third-order valence-corrected chi connectivity index (χ3v) is 4.04. The van der Waals surface area contributed by atoms with Crippen LogP contribution in [0.25, 0.3) is 0 Å². The highest BCUT2D eigenvalue weighted by molar-refractivity contribution is 7.89. The van der Waals surface area contributed by atoms with Crippen molar-refractivity contribution in [3.63, 3.8) is 0 Å². The second-order valence-corrected chi connectivity index (χ2v) is 6.29. The van der Waals surface area contributed by atoms with Gasteiger partial charge in [-0.05, 0) is 12.1 Å². The molecule has 1 aromatic carbocycles. The number of primary amides is 1. The van der Waals surface area contributed by atoms with Crippen LogP contribution in [0.2, 0.25) is 0 Å². The molecule has 1 aromatic heterocycles. The summed E-state index contributed by atoms with van der Waals surface area (Å²) in [6.45, 7) is -7.02. The van der Waals surface area contributed by atoms with E-state index in [4.69, 9.17) is 5.73 Å². The minimum atomic E-state index is -5.41. The van der Waals surface area contributed by atoms with Gasteiger partial charge in [0.1, 0.15) is 0 Å². The molecule has 1 heterocycles. The molecule has 2 rings (SSSR count). The van der Waals surface area contributed by atoms with E-state index in [9.17, 15) is 35.6 Å². The predicted octanol–water partition coefficient (Wildman–Crippen LogP) is 1.67. The summed E-state index contributed by atoms with van der Waals surface area (Å²) in [6.07, 6.45) is 0. The zero-order valence-electron chi connectivity index (χ0n) is 14.3. The van der Waals surface area contributed by atoms with Crippen LogP contribution in [0.3, 0.4) is 0 Å². The third kappa shape index (κ3) is 5.90. The molecule has 0 fully saturated rings. The van der Waals surface area contributed by atoms with E-state index in [0.717, 1.165) is 0 Å². The Kier molecular flexibility index (Phi) is 6.93. The van der Waals surface area contributed by atoms with E-state index in [0.29, 0.717) is 6.07 Å². The number of anilines is 1. The summed E-state index contributed by atoms with van der Waals surface area (Å²) in [7, 11) is -5.41. The van der Waals surface area contributed by atoms with Gasteiger partial charge in [0.25, 0.3) is 5.95 Å². The van der Waals surface area contributed by atoms with E-state index >= 15 is 0 Å². The molecule has 0 atom stereocenters. The monoisotopic (exact) mass is 454 g/mol. The Bertz CT molecular complexity index is 996. The molecule has 16 heteroatoms. The van der Waals surface area contributed by atoms with E-state index in [1.807, 2.05) is 0 Å². The van der Waals surface area contributed by atoms with Gasteiger partial charge in [-0.3, -0.25) is 0 Å². The molecule has 2 N–H and O–H groups in total. The lowest BCUT2D eigenvalue weighted by Crippen LogP contribution is -2.43. The number of aromatic nitrogens is 2. The van der Waals surface area contributed by atoms with Gasteiger partial charge in [0.05, 0.1) is 11.6 Å². The third-order valence-electron chi connectivity index (χ3n) is 2.88. The van der Waals surface area contributed by atoms with Crippen LogP contribution in [0, 0.1) is 0 Å². The molecule has 2 aromatic rings. The van der Waals surface area contributed by atoms with Gasteiger partial charge < -0.3 is 19.4 Å². The Balaban J connectivity index is 2.47. The number of nitrogens with two attached hydrogens (primary N) is 1. The number of rotatable bonds is 8. The molecule has 162 valence electrons. The largest absolute Gasteiger partial charge is 0.423 e. The van der Waals surface area contributed by atoms with Gasteiger partial charge in [-0.25, -0.2) is 9.59 Å². The van der Waals surface area contributed by atoms with Crippen molar-refractivity contribution in [2.24, 2.45) is 5.73 Å². The molecule has 0 saturated heterocycles. The Morgan fingerprint density at radius 3 is 1.90 bits per heavy atom. The number of alkyl halides is 4. The molecule has 11 nitrogen and oxygen atoms in total. The second kappa shape index (κ2) is 9.21. The van der Waals surface area contributed by atoms with Crippen molar-refractivity contribution >= 4 is 28.3 Å². The zero-order chi connectivity index (χ0) is 22.5. The summed E-state index contributed by atoms with van der Waals surface area (Å²) >= 11 is 0. The van der Waals surface area contributed by atoms with Crippen LogP contribution >= 0.6 is 0 Å². The number of carbonyl (C=O) groups excluding carboxylic acids is 2. The average molecular weight is 454 g/mol. The lowest BCUT2D eigenvalue weighted by atomic mass is 10.2. The summed E-state index contributed by atoms with van der Waals surface area (Å²) in [4.78, 5) is 30.0. The van der Waals surface area contributed by atoms with Crippen molar-refractivity contribution in [3.05, 3.63) is 42.0 Å². The quantitative estimate of drug-likeness (QED) is 0.587. The first-order valence-electron chi connectivity index (χ1n) is 7.42. The van der Waals surface area contributed by atoms with Gasteiger partial charge in [0, 0.05) is 0 Å². The summed E-state index contributed by atoms with van der Waals surface area (Å²) < 4.78 is 85.9. The van der Waals surface area contributed by atoms with Crippen molar-refractivity contribution < 1.29 is 49.2 Å². The molecular formula is C14H10F4N4O7S. The van der Waals surface area contributed by atoms with Crippen LogP contribution in [0.5, 0.6) is 11.8 Å². The second-order valence-electron chi connectivity index (χ2n) is 4.90. The standard InChI is InChI=1S/C14H10F4N4O7S/c15-11(16)27-8-6-9(28-12(17)18)21-14(20-8)22(13(19)24)30(25,26)29-10(23)7-4-2-1-3-5-7/h1-6,11-12H,(H2,19,24). The van der Waals surface area contributed by atoms with E-state index in [-0.39, 0.29) is 5.56 Å². The number of hydrogen-bond acceptors (Lipinski definition) is 9. The average Bonchev–Trinajstić information content (AvgIpc) is 2.60. The van der Waals surface area contributed by atoms with Crippen molar-refractivity contribution in [1.82, 2.24) is 9.97 Å². The topological polar surface area (TPSA) is 151 Å². The van der Waals surface area contributed by atoms with Gasteiger partial charge in [-0.15, -0.1) is 4.31 Å². The smallest absolute Gasteiger partial charge is 0.417 e. The number of ether oxygens (including phenoxy) is 2. The Morgan fingerprint density at radius 2 is 1.47 bits per heavy atom. The first-order valence-corrected chi connectivity index (χ1v) is 8.78. The minimum Gasteiger partial charge on any atom is -0.417 e. The highest BCUT2D eigenvalue weighted by Gasteiger charge is 2.35. The molecule has 0 saturated carbocycles. The first kappa shape index (κ1) is 22.6. The molecule has 2 amide bonds. The zero-order valence-corrected chi connectivity index (χ0v) is 15.1. The van der Waals surface area contributed by atoms with Crippen molar-refractivity contribution in [2.75, 3.05) is 4.31 Å². The molecule has 0 radical (unpaired) electrons. The van der Waals surface area contributed by atoms with Crippen molar-refractivity contribution in [2.45, 2.75) is 13.2 Å². The minimum absolute atomic E-state index is 0.247. The van der Waals surface area contributed by atoms with Gasteiger partial charge >= 0.3 is 35.5 Å². The summed E-state index contributed by atoms with van der Waals surface area (Å²) in [5.74, 6) is -5.12. The van der Waals surface area contributed by atoms with Crippen LogP contribution < -0.4 is 19.5 Å².